The minimum Gasteiger partial charge on any atom is -0.403 e. The highest BCUT2D eigenvalue weighted by atomic mass is 35.5. The molecule has 1 N–H and O–H groups in total. The Balaban J connectivity index is 1.83. The first-order valence-electron chi connectivity index (χ1n) is 10.8. The van der Waals surface area contributed by atoms with E-state index in [0.29, 0.717) is 21.8 Å². The molecule has 0 amide bonds. The monoisotopic (exact) mass is 513 g/mol. The van der Waals surface area contributed by atoms with E-state index in [9.17, 15) is 0 Å². The Kier molecular flexibility index (Phi) is 7.08. The van der Waals surface area contributed by atoms with E-state index in [1.54, 1.807) is 6.20 Å². The van der Waals surface area contributed by atoms with Gasteiger partial charge in [0, 0.05) is 27.9 Å². The fourth-order valence-corrected chi connectivity index (χ4v) is 9.76. The Morgan fingerprint density at radius 1 is 0.758 bits per heavy atom. The van der Waals surface area contributed by atoms with Crippen molar-refractivity contribution >= 4 is 53.5 Å². The molecule has 33 heavy (non-hydrogen) atoms. The van der Waals surface area contributed by atoms with Gasteiger partial charge in [-0.2, -0.15) is 0 Å². The summed E-state index contributed by atoms with van der Waals surface area (Å²) in [5.41, 5.74) is 2.43. The van der Waals surface area contributed by atoms with E-state index in [4.69, 9.17) is 39.2 Å². The van der Waals surface area contributed by atoms with Crippen LogP contribution in [-0.4, -0.2) is 13.3 Å². The van der Waals surface area contributed by atoms with E-state index >= 15 is 0 Å². The molecule has 3 aromatic carbocycles. The van der Waals surface area contributed by atoms with Crippen molar-refractivity contribution in [3.63, 3.8) is 0 Å². The Hall–Kier alpha value is -2.01. The van der Waals surface area contributed by atoms with Crippen molar-refractivity contribution in [1.29, 1.82) is 0 Å². The van der Waals surface area contributed by atoms with Gasteiger partial charge in [-0.25, -0.2) is 0 Å². The van der Waals surface area contributed by atoms with Crippen LogP contribution in [0.1, 0.15) is 26.3 Å². The topological polar surface area (TPSA) is 25.0 Å². The highest BCUT2D eigenvalue weighted by molar-refractivity contribution is 6.99. The van der Waals surface area contributed by atoms with Crippen molar-refractivity contribution in [3.8, 4) is 11.1 Å². The predicted molar refractivity (Wildman–Crippen MR) is 144 cm³/mol. The summed E-state index contributed by atoms with van der Waals surface area (Å²) in [6.07, 6.45) is 1.79. The third-order valence-electron chi connectivity index (χ3n) is 6.02. The van der Waals surface area contributed by atoms with Crippen molar-refractivity contribution in [2.75, 3.05) is 0 Å². The molecule has 0 bridgehead atoms. The molecule has 0 aliphatic heterocycles. The van der Waals surface area contributed by atoms with Crippen molar-refractivity contribution in [1.82, 2.24) is 4.98 Å². The third kappa shape index (κ3) is 4.53. The summed E-state index contributed by atoms with van der Waals surface area (Å²) >= 11 is 19.9. The highest BCUT2D eigenvalue weighted by Gasteiger charge is 2.50. The van der Waals surface area contributed by atoms with Crippen LogP contribution in [0.3, 0.4) is 0 Å². The number of nitrogens with one attached hydrogen (secondary N) is 1. The van der Waals surface area contributed by atoms with Gasteiger partial charge in [0.1, 0.15) is 5.15 Å². The average Bonchev–Trinajstić information content (AvgIpc) is 3.22. The average molecular weight is 515 g/mol. The van der Waals surface area contributed by atoms with Gasteiger partial charge < -0.3 is 9.41 Å². The summed E-state index contributed by atoms with van der Waals surface area (Å²) in [6, 6.07) is 26.7. The minimum absolute atomic E-state index is 0.143. The van der Waals surface area contributed by atoms with E-state index in [2.05, 4.69) is 74.3 Å². The smallest absolute Gasteiger partial charge is 0.261 e. The molecule has 1 heterocycles. The normalized spacial score (nSPS) is 12.2. The number of benzene rings is 3. The second-order valence-corrected chi connectivity index (χ2v) is 14.5. The molecular weight excluding hydrogens is 489 g/mol. The van der Waals surface area contributed by atoms with Gasteiger partial charge >= 0.3 is 0 Å². The van der Waals surface area contributed by atoms with Gasteiger partial charge in [0.15, 0.2) is 0 Å². The lowest BCUT2D eigenvalue weighted by atomic mass is 10.1. The van der Waals surface area contributed by atoms with Crippen molar-refractivity contribution < 1.29 is 4.43 Å². The molecule has 4 aromatic rings. The van der Waals surface area contributed by atoms with Crippen LogP contribution in [-0.2, 0) is 11.0 Å². The van der Waals surface area contributed by atoms with E-state index in [1.807, 2.05) is 30.3 Å². The fourth-order valence-electron chi connectivity index (χ4n) is 4.44. The second kappa shape index (κ2) is 9.69. The van der Waals surface area contributed by atoms with Gasteiger partial charge in [-0.05, 0) is 27.5 Å². The molecule has 0 aliphatic carbocycles. The zero-order chi connectivity index (χ0) is 23.6. The van der Waals surface area contributed by atoms with Crippen LogP contribution < -0.4 is 10.4 Å². The lowest BCUT2D eigenvalue weighted by molar-refractivity contribution is 0.286. The van der Waals surface area contributed by atoms with Gasteiger partial charge in [-0.15, -0.1) is 0 Å². The molecule has 1 aromatic heterocycles. The summed E-state index contributed by atoms with van der Waals surface area (Å²) in [5, 5.41) is 3.95. The molecule has 6 heteroatoms. The maximum Gasteiger partial charge on any atom is 0.261 e. The van der Waals surface area contributed by atoms with Crippen LogP contribution in [0, 0.1) is 0 Å². The van der Waals surface area contributed by atoms with Gasteiger partial charge in [0.25, 0.3) is 8.32 Å². The first kappa shape index (κ1) is 24.1. The van der Waals surface area contributed by atoms with E-state index < -0.39 is 8.32 Å². The Morgan fingerprint density at radius 2 is 1.33 bits per heavy atom. The van der Waals surface area contributed by atoms with Crippen LogP contribution in [0.5, 0.6) is 0 Å². The summed E-state index contributed by atoms with van der Waals surface area (Å²) in [4.78, 5) is 3.00. The molecule has 2 nitrogen and oxygen atoms in total. The molecule has 0 aliphatic rings. The standard InChI is InChI=1S/C27H26Cl3NOSi/c1-27(2,3)33(19-10-6-4-7-11-19,20-12-8-5-9-13-20)32-18-23-24(28)15-14-21(25(23)29)22-16-17-31-26(22)30/h4-17,31H,18H2,1-3H3. The molecule has 4 rings (SSSR count). The van der Waals surface area contributed by atoms with Gasteiger partial charge in [0.2, 0.25) is 0 Å². The van der Waals surface area contributed by atoms with Crippen LogP contribution >= 0.6 is 34.8 Å². The molecular formula is C27H26Cl3NOSi. The van der Waals surface area contributed by atoms with Crippen molar-refractivity contribution in [2.24, 2.45) is 0 Å². The largest absolute Gasteiger partial charge is 0.403 e. The number of rotatable bonds is 6. The van der Waals surface area contributed by atoms with Gasteiger partial charge in [-0.1, -0.05) is 122 Å². The fraction of sp³-hybridized carbons (Fsp3) is 0.185. The maximum atomic E-state index is 7.05. The number of halogens is 3. The summed E-state index contributed by atoms with van der Waals surface area (Å²) < 4.78 is 7.05. The molecule has 0 unspecified atom stereocenters. The molecule has 0 atom stereocenters. The molecule has 0 radical (unpaired) electrons. The van der Waals surface area contributed by atoms with Gasteiger partial charge in [-0.3, -0.25) is 0 Å². The van der Waals surface area contributed by atoms with E-state index in [0.717, 1.165) is 16.7 Å². The van der Waals surface area contributed by atoms with E-state index in [-0.39, 0.29) is 5.04 Å². The number of H-pyrrole nitrogens is 1. The van der Waals surface area contributed by atoms with Gasteiger partial charge in [0.05, 0.1) is 11.6 Å². The van der Waals surface area contributed by atoms with Crippen molar-refractivity contribution in [3.05, 3.63) is 106 Å². The predicted octanol–water partition coefficient (Wildman–Crippen LogP) is 7.72. The Labute approximate surface area is 211 Å². The quantitative estimate of drug-likeness (QED) is 0.262. The molecule has 0 fully saturated rings. The summed E-state index contributed by atoms with van der Waals surface area (Å²) in [6.45, 7) is 7.04. The summed E-state index contributed by atoms with van der Waals surface area (Å²) in [7, 11) is -2.72. The Bertz CT molecular complexity index is 1190. The zero-order valence-corrected chi connectivity index (χ0v) is 22.1. The number of hydrogen-bond acceptors (Lipinski definition) is 1. The number of aromatic amines is 1. The Morgan fingerprint density at radius 3 is 1.82 bits per heavy atom. The number of hydrogen-bond donors (Lipinski definition) is 1. The molecule has 170 valence electrons. The molecule has 0 saturated carbocycles. The minimum atomic E-state index is -2.72. The highest BCUT2D eigenvalue weighted by Crippen LogP contribution is 2.41. The van der Waals surface area contributed by atoms with Crippen LogP contribution in [0.2, 0.25) is 20.2 Å². The zero-order valence-electron chi connectivity index (χ0n) is 18.8. The third-order valence-corrected chi connectivity index (χ3v) is 12.1. The SMILES string of the molecule is CC(C)(C)[Si](OCc1c(Cl)ccc(-c2cc[nH]c2Cl)c1Cl)(c1ccccc1)c1ccccc1. The first-order valence-corrected chi connectivity index (χ1v) is 13.8. The van der Waals surface area contributed by atoms with Crippen LogP contribution in [0.15, 0.2) is 85.1 Å². The maximum absolute atomic E-state index is 7.05. The number of aromatic nitrogens is 1. The molecule has 0 saturated heterocycles. The van der Waals surface area contributed by atoms with Crippen LogP contribution in [0.4, 0.5) is 0 Å². The molecule has 0 spiro atoms. The first-order chi connectivity index (χ1) is 15.8. The summed E-state index contributed by atoms with van der Waals surface area (Å²) in [5.74, 6) is 0. The van der Waals surface area contributed by atoms with E-state index in [1.165, 1.54) is 10.4 Å². The lowest BCUT2D eigenvalue weighted by Crippen LogP contribution is -2.66. The van der Waals surface area contributed by atoms with Crippen molar-refractivity contribution in [2.45, 2.75) is 32.4 Å². The second-order valence-electron chi connectivity index (χ2n) is 9.04. The van der Waals surface area contributed by atoms with Crippen LogP contribution in [0.25, 0.3) is 11.1 Å². The lowest BCUT2D eigenvalue weighted by Gasteiger charge is -2.43.